The van der Waals surface area contributed by atoms with Gasteiger partial charge in [0, 0.05) is 24.3 Å². The lowest BCUT2D eigenvalue weighted by Crippen LogP contribution is -2.42. The van der Waals surface area contributed by atoms with E-state index < -0.39 is 34.7 Å². The quantitative estimate of drug-likeness (QED) is 0.0257. The monoisotopic (exact) mass is 723 g/mol. The lowest BCUT2D eigenvalue weighted by atomic mass is 9.73. The summed E-state index contributed by atoms with van der Waals surface area (Å²) < 4.78 is 15.4. The second-order valence-electron chi connectivity index (χ2n) is 13.9. The second-order valence-corrected chi connectivity index (χ2v) is 13.9. The van der Waals surface area contributed by atoms with Crippen LogP contribution in [0.25, 0.3) is 27.6 Å². The highest BCUT2D eigenvalue weighted by Crippen LogP contribution is 2.37. The highest BCUT2D eigenvalue weighted by Gasteiger charge is 2.42. The van der Waals surface area contributed by atoms with Crippen molar-refractivity contribution in [3.05, 3.63) is 96.1 Å². The number of amides is 3. The molecule has 4 aromatic rings. The number of esters is 2. The number of ketones is 1. The number of anilines is 1. The predicted molar refractivity (Wildman–Crippen MR) is 206 cm³/mol. The third-order valence-corrected chi connectivity index (χ3v) is 9.49. The third-order valence-electron chi connectivity index (χ3n) is 9.49. The SMILES string of the molecule is CCC(C)(CC(CC(C)(C)C(=O)OC)C(=O)NCOC)C(=O)OCCNC(=O)Nc1ccc(C(=O)C=Cc2c3ccccc3cc3ccccc23)cc1. The molecule has 0 saturated carbocycles. The van der Waals surface area contributed by atoms with Gasteiger partial charge >= 0.3 is 18.0 Å². The Balaban J connectivity index is 1.30. The molecule has 3 amide bonds. The number of hydrogen-bond donors (Lipinski definition) is 3. The topological polar surface area (TPSA) is 149 Å². The highest BCUT2D eigenvalue weighted by molar-refractivity contribution is 6.12. The maximum Gasteiger partial charge on any atom is 0.319 e. The van der Waals surface area contributed by atoms with E-state index in [1.54, 1.807) is 51.1 Å². The van der Waals surface area contributed by atoms with Gasteiger partial charge in [0.05, 0.1) is 24.5 Å². The molecule has 0 aliphatic rings. The van der Waals surface area contributed by atoms with Crippen molar-refractivity contribution in [1.29, 1.82) is 0 Å². The van der Waals surface area contributed by atoms with Crippen molar-refractivity contribution in [2.45, 2.75) is 47.0 Å². The number of fused-ring (bicyclic) bond motifs is 2. The average molecular weight is 724 g/mol. The van der Waals surface area contributed by atoms with Gasteiger partial charge in [0.2, 0.25) is 5.91 Å². The highest BCUT2D eigenvalue weighted by atomic mass is 16.5. The lowest BCUT2D eigenvalue weighted by Gasteiger charge is -2.33. The first kappa shape index (κ1) is 40.2. The first-order chi connectivity index (χ1) is 25.3. The number of methoxy groups -OCH3 is 2. The Morgan fingerprint density at radius 3 is 2.00 bits per heavy atom. The smallest absolute Gasteiger partial charge is 0.319 e. The van der Waals surface area contributed by atoms with Crippen molar-refractivity contribution < 1.29 is 38.2 Å². The Morgan fingerprint density at radius 1 is 0.792 bits per heavy atom. The molecular formula is C42H49N3O8. The number of allylic oxidation sites excluding steroid dienone is 1. The molecule has 4 rings (SSSR count). The number of rotatable bonds is 17. The first-order valence-corrected chi connectivity index (χ1v) is 17.6. The molecule has 0 bridgehead atoms. The number of urea groups is 1. The minimum Gasteiger partial charge on any atom is -0.469 e. The van der Waals surface area contributed by atoms with E-state index in [2.05, 4.69) is 34.1 Å². The van der Waals surface area contributed by atoms with Gasteiger partial charge in [-0.05, 0) is 110 Å². The standard InChI is InChI=1S/C42H49N3O8/c1-7-42(4,26-31(37(47)44-27-51-5)25-41(2,3)38(48)52-6)39(49)53-23-22-43-40(50)45-32-18-16-28(17-19-32)36(46)21-20-35-33-14-10-8-12-29(33)24-30-13-9-11-15-34(30)35/h8-21,24,31H,7,22-23,25-27H2,1-6H3,(H,44,47)(H2,43,45,50). The van der Waals surface area contributed by atoms with E-state index in [-0.39, 0.29) is 44.4 Å². The summed E-state index contributed by atoms with van der Waals surface area (Å²) in [4.78, 5) is 64.4. The maximum absolute atomic E-state index is 13.3. The molecule has 0 fully saturated rings. The van der Waals surface area contributed by atoms with Gasteiger partial charge in [0.25, 0.3) is 0 Å². The molecule has 11 heteroatoms. The van der Waals surface area contributed by atoms with E-state index in [4.69, 9.17) is 14.2 Å². The van der Waals surface area contributed by atoms with Crippen LogP contribution in [-0.2, 0) is 28.6 Å². The van der Waals surface area contributed by atoms with E-state index >= 15 is 0 Å². The van der Waals surface area contributed by atoms with Crippen molar-refractivity contribution in [2.24, 2.45) is 16.7 Å². The summed E-state index contributed by atoms with van der Waals surface area (Å²) in [5, 5.41) is 12.3. The van der Waals surface area contributed by atoms with Crippen molar-refractivity contribution >= 4 is 63.0 Å². The van der Waals surface area contributed by atoms with Gasteiger partial charge in [-0.2, -0.15) is 0 Å². The summed E-state index contributed by atoms with van der Waals surface area (Å²) in [5.41, 5.74) is -0.0940. The van der Waals surface area contributed by atoms with Gasteiger partial charge in [0.1, 0.15) is 13.3 Å². The molecule has 3 N–H and O–H groups in total. The largest absolute Gasteiger partial charge is 0.469 e. The number of benzene rings is 4. The molecule has 280 valence electrons. The van der Waals surface area contributed by atoms with Crippen LogP contribution in [0.3, 0.4) is 0 Å². The minimum atomic E-state index is -1.04. The first-order valence-electron chi connectivity index (χ1n) is 17.6. The van der Waals surface area contributed by atoms with Crippen LogP contribution in [0.5, 0.6) is 0 Å². The van der Waals surface area contributed by atoms with Crippen LogP contribution in [0, 0.1) is 16.7 Å². The Morgan fingerprint density at radius 2 is 1.42 bits per heavy atom. The fourth-order valence-corrected chi connectivity index (χ4v) is 6.30. The zero-order valence-corrected chi connectivity index (χ0v) is 31.2. The second kappa shape index (κ2) is 18.3. The molecule has 0 aromatic heterocycles. The van der Waals surface area contributed by atoms with E-state index in [0.717, 1.165) is 27.1 Å². The van der Waals surface area contributed by atoms with Crippen molar-refractivity contribution in [1.82, 2.24) is 10.6 Å². The molecule has 0 spiro atoms. The Hall–Kier alpha value is -5.55. The normalized spacial score (nSPS) is 13.2. The van der Waals surface area contributed by atoms with Crippen molar-refractivity contribution in [3.8, 4) is 0 Å². The fraction of sp³-hybridized carbons (Fsp3) is 0.357. The Kier molecular flexibility index (Phi) is 13.9. The molecule has 53 heavy (non-hydrogen) atoms. The van der Waals surface area contributed by atoms with Crippen molar-refractivity contribution in [2.75, 3.05) is 39.4 Å². The van der Waals surface area contributed by atoms with Crippen LogP contribution in [0.2, 0.25) is 0 Å². The molecule has 2 atom stereocenters. The molecule has 11 nitrogen and oxygen atoms in total. The van der Waals surface area contributed by atoms with E-state index in [9.17, 15) is 24.0 Å². The molecule has 0 radical (unpaired) electrons. The molecule has 0 saturated heterocycles. The third kappa shape index (κ3) is 10.5. The van der Waals surface area contributed by atoms with Crippen LogP contribution in [0.4, 0.5) is 10.5 Å². The number of ether oxygens (including phenoxy) is 3. The van der Waals surface area contributed by atoms with Crippen LogP contribution in [0.1, 0.15) is 62.9 Å². The van der Waals surface area contributed by atoms with Crippen LogP contribution >= 0.6 is 0 Å². The number of carbonyl (C=O) groups is 5. The predicted octanol–water partition coefficient (Wildman–Crippen LogP) is 7.29. The summed E-state index contributed by atoms with van der Waals surface area (Å²) in [6, 6.07) is 24.4. The number of nitrogens with one attached hydrogen (secondary N) is 3. The van der Waals surface area contributed by atoms with Crippen molar-refractivity contribution in [3.63, 3.8) is 0 Å². The summed E-state index contributed by atoms with van der Waals surface area (Å²) >= 11 is 0. The molecule has 0 aliphatic heterocycles. The van der Waals surface area contributed by atoms with Gasteiger partial charge in [-0.15, -0.1) is 0 Å². The van der Waals surface area contributed by atoms with Gasteiger partial charge in [-0.1, -0.05) is 55.5 Å². The van der Waals surface area contributed by atoms with Gasteiger partial charge < -0.3 is 30.2 Å². The van der Waals surface area contributed by atoms with E-state index in [1.807, 2.05) is 49.4 Å². The fourth-order valence-electron chi connectivity index (χ4n) is 6.30. The summed E-state index contributed by atoms with van der Waals surface area (Å²) in [5.74, 6) is -2.21. The molecule has 0 aliphatic carbocycles. The van der Waals surface area contributed by atoms with Gasteiger partial charge in [-0.25, -0.2) is 4.79 Å². The zero-order valence-electron chi connectivity index (χ0n) is 31.2. The maximum atomic E-state index is 13.3. The summed E-state index contributed by atoms with van der Waals surface area (Å²) in [6.07, 6.45) is 4.07. The van der Waals surface area contributed by atoms with Gasteiger partial charge in [-0.3, -0.25) is 19.2 Å². The molecule has 2 unspecified atom stereocenters. The molecule has 0 heterocycles. The Bertz CT molecular complexity index is 1920. The van der Waals surface area contributed by atoms with E-state index in [1.165, 1.54) is 14.2 Å². The number of carbonyl (C=O) groups excluding carboxylic acids is 5. The van der Waals surface area contributed by atoms with Crippen LogP contribution in [-0.4, -0.2) is 63.8 Å². The molecule has 4 aromatic carbocycles. The summed E-state index contributed by atoms with van der Waals surface area (Å²) in [6.45, 7) is 6.84. The summed E-state index contributed by atoms with van der Waals surface area (Å²) in [7, 11) is 2.74. The van der Waals surface area contributed by atoms with Crippen LogP contribution < -0.4 is 16.0 Å². The minimum absolute atomic E-state index is 0.0149. The number of hydrogen-bond acceptors (Lipinski definition) is 8. The van der Waals surface area contributed by atoms with Crippen LogP contribution in [0.15, 0.2) is 84.9 Å². The van der Waals surface area contributed by atoms with Gasteiger partial charge in [0.15, 0.2) is 5.78 Å². The zero-order chi connectivity index (χ0) is 38.6. The van der Waals surface area contributed by atoms with E-state index in [0.29, 0.717) is 17.7 Å². The average Bonchev–Trinajstić information content (AvgIpc) is 3.16. The Labute approximate surface area is 310 Å². The molecular weight excluding hydrogens is 674 g/mol. The lowest BCUT2D eigenvalue weighted by molar-refractivity contribution is -0.157.